The van der Waals surface area contributed by atoms with Gasteiger partial charge in [0.2, 0.25) is 5.78 Å². The summed E-state index contributed by atoms with van der Waals surface area (Å²) in [5.41, 5.74) is -1.01. The number of methoxy groups -OCH3 is 1. The minimum absolute atomic E-state index is 0.118. The van der Waals surface area contributed by atoms with Crippen molar-refractivity contribution in [1.82, 2.24) is 19.6 Å². The quantitative estimate of drug-likeness (QED) is 0.700. The molecule has 0 fully saturated rings. The predicted octanol–water partition coefficient (Wildman–Crippen LogP) is 2.36. The topological polar surface area (TPSA) is 72.3 Å². The van der Waals surface area contributed by atoms with Crippen LogP contribution in [0.3, 0.4) is 0 Å². The van der Waals surface area contributed by atoms with Gasteiger partial charge < -0.3 is 9.72 Å². The molecule has 0 aliphatic rings. The van der Waals surface area contributed by atoms with Crippen LogP contribution in [-0.2, 0) is 23.8 Å². The first-order valence-electron chi connectivity index (χ1n) is 7.59. The average Bonchev–Trinajstić information content (AvgIpc) is 3.05. The molecule has 26 heavy (non-hydrogen) atoms. The largest absolute Gasteiger partial charge is 0.419 e. The van der Waals surface area contributed by atoms with Gasteiger partial charge in [-0.15, -0.1) is 0 Å². The lowest BCUT2D eigenvalue weighted by atomic mass is 10.0. The lowest BCUT2D eigenvalue weighted by Gasteiger charge is -2.12. The lowest BCUT2D eigenvalue weighted by molar-refractivity contribution is -0.140. The fraction of sp³-hybridized carbons (Fsp3) is 0.312. The highest BCUT2D eigenvalue weighted by Gasteiger charge is 2.34. The molecule has 3 aromatic rings. The molecular weight excluding hydrogens is 356 g/mol. The van der Waals surface area contributed by atoms with Crippen LogP contribution >= 0.6 is 0 Å². The number of aromatic amines is 1. The summed E-state index contributed by atoms with van der Waals surface area (Å²) in [7, 11) is 1.49. The van der Waals surface area contributed by atoms with Gasteiger partial charge in [0.1, 0.15) is 12.1 Å². The number of benzene rings is 1. The highest BCUT2D eigenvalue weighted by atomic mass is 19.4. The number of alkyl halides is 3. The van der Waals surface area contributed by atoms with E-state index in [2.05, 4.69) is 15.1 Å². The Hall–Kier alpha value is -2.75. The van der Waals surface area contributed by atoms with E-state index >= 15 is 0 Å². The molecule has 0 atom stereocenters. The summed E-state index contributed by atoms with van der Waals surface area (Å²) >= 11 is 0. The zero-order chi connectivity index (χ0) is 18.9. The van der Waals surface area contributed by atoms with Crippen molar-refractivity contribution in [3.63, 3.8) is 0 Å². The zero-order valence-corrected chi connectivity index (χ0v) is 13.6. The second kappa shape index (κ2) is 6.87. The van der Waals surface area contributed by atoms with Gasteiger partial charge in [0, 0.05) is 31.2 Å². The minimum Gasteiger partial charge on any atom is -0.384 e. The number of hydrogen-bond acceptors (Lipinski definition) is 4. The van der Waals surface area contributed by atoms with E-state index in [4.69, 9.17) is 4.74 Å². The summed E-state index contributed by atoms with van der Waals surface area (Å²) in [6.07, 6.45) is -3.41. The summed E-state index contributed by atoms with van der Waals surface area (Å²) < 4.78 is 58.2. The van der Waals surface area contributed by atoms with E-state index in [1.54, 1.807) is 0 Å². The number of halogens is 4. The van der Waals surface area contributed by atoms with Crippen molar-refractivity contribution < 1.29 is 22.3 Å². The first kappa shape index (κ1) is 18.1. The molecule has 2 aromatic heterocycles. The van der Waals surface area contributed by atoms with E-state index in [1.807, 2.05) is 0 Å². The molecule has 0 amide bonds. The Labute approximate surface area is 144 Å². The number of nitrogens with zero attached hydrogens (tertiary/aromatic N) is 3. The molecule has 0 aliphatic carbocycles. The second-order valence-corrected chi connectivity index (χ2v) is 5.61. The number of H-pyrrole nitrogens is 1. The fourth-order valence-electron chi connectivity index (χ4n) is 2.65. The number of fused-ring (bicyclic) bond motifs is 1. The van der Waals surface area contributed by atoms with Gasteiger partial charge in [0.15, 0.2) is 0 Å². The van der Waals surface area contributed by atoms with Gasteiger partial charge in [-0.2, -0.15) is 27.8 Å². The van der Waals surface area contributed by atoms with E-state index in [9.17, 15) is 22.4 Å². The van der Waals surface area contributed by atoms with E-state index in [-0.39, 0.29) is 23.3 Å². The monoisotopic (exact) mass is 370 g/mol. The van der Waals surface area contributed by atoms with Gasteiger partial charge in [-0.3, -0.25) is 4.79 Å². The molecule has 0 aliphatic heterocycles. The maximum atomic E-state index is 13.5. The lowest BCUT2D eigenvalue weighted by Crippen LogP contribution is -2.24. The standard InChI is InChI=1S/C16H14F4N4O2/c1-26-5-4-13-10(14(25)24-15(23-13)21-8-22-24)6-9-2-3-12(17)11(7-9)16(18,19)20/h2-3,7-8H,4-6H2,1H3,(H,21,22,23). The molecule has 2 heterocycles. The van der Waals surface area contributed by atoms with Gasteiger partial charge in [0.25, 0.3) is 5.56 Å². The molecule has 0 unspecified atom stereocenters. The van der Waals surface area contributed by atoms with Crippen molar-refractivity contribution >= 4 is 5.78 Å². The number of rotatable bonds is 5. The van der Waals surface area contributed by atoms with Crippen molar-refractivity contribution in [3.8, 4) is 0 Å². The summed E-state index contributed by atoms with van der Waals surface area (Å²) in [4.78, 5) is 19.5. The van der Waals surface area contributed by atoms with Crippen LogP contribution in [0.5, 0.6) is 0 Å². The first-order valence-corrected chi connectivity index (χ1v) is 7.59. The highest BCUT2D eigenvalue weighted by molar-refractivity contribution is 5.36. The normalized spacial score (nSPS) is 12.0. The third kappa shape index (κ3) is 3.45. The van der Waals surface area contributed by atoms with Crippen LogP contribution < -0.4 is 5.56 Å². The number of aromatic nitrogens is 4. The fourth-order valence-corrected chi connectivity index (χ4v) is 2.65. The molecule has 0 saturated heterocycles. The molecule has 1 N–H and O–H groups in total. The molecular formula is C16H14F4N4O2. The Kier molecular flexibility index (Phi) is 4.77. The maximum Gasteiger partial charge on any atom is 0.419 e. The SMILES string of the molecule is COCCc1[nH]c2ncnn2c(=O)c1Cc1ccc(F)c(C(F)(F)F)c1. The van der Waals surface area contributed by atoms with Crippen LogP contribution in [0.4, 0.5) is 17.6 Å². The Bertz CT molecular complexity index is 994. The van der Waals surface area contributed by atoms with E-state index in [1.165, 1.54) is 19.5 Å². The molecule has 0 saturated carbocycles. The van der Waals surface area contributed by atoms with Gasteiger partial charge >= 0.3 is 6.18 Å². The van der Waals surface area contributed by atoms with Crippen LogP contribution in [-0.4, -0.2) is 33.3 Å². The third-order valence-electron chi connectivity index (χ3n) is 3.90. The van der Waals surface area contributed by atoms with Gasteiger partial charge in [-0.1, -0.05) is 6.07 Å². The first-order chi connectivity index (χ1) is 12.3. The summed E-state index contributed by atoms with van der Waals surface area (Å²) in [6, 6.07) is 2.67. The smallest absolute Gasteiger partial charge is 0.384 e. The van der Waals surface area contributed by atoms with Crippen molar-refractivity contribution in [3.05, 3.63) is 63.1 Å². The molecule has 1 aromatic carbocycles. The predicted molar refractivity (Wildman–Crippen MR) is 83.4 cm³/mol. The average molecular weight is 370 g/mol. The molecule has 0 spiro atoms. The van der Waals surface area contributed by atoms with Crippen LogP contribution in [0.25, 0.3) is 5.78 Å². The highest BCUT2D eigenvalue weighted by Crippen LogP contribution is 2.32. The van der Waals surface area contributed by atoms with Crippen LogP contribution in [0.2, 0.25) is 0 Å². The second-order valence-electron chi connectivity index (χ2n) is 5.61. The Morgan fingerprint density at radius 3 is 2.77 bits per heavy atom. The Morgan fingerprint density at radius 2 is 2.08 bits per heavy atom. The van der Waals surface area contributed by atoms with Crippen molar-refractivity contribution in [2.24, 2.45) is 0 Å². The van der Waals surface area contributed by atoms with Crippen molar-refractivity contribution in [2.45, 2.75) is 19.0 Å². The van der Waals surface area contributed by atoms with Gasteiger partial charge in [-0.25, -0.2) is 4.39 Å². The number of ether oxygens (including phenoxy) is 1. The van der Waals surface area contributed by atoms with E-state index in [0.29, 0.717) is 24.8 Å². The van der Waals surface area contributed by atoms with E-state index in [0.717, 1.165) is 10.6 Å². The zero-order valence-electron chi connectivity index (χ0n) is 13.6. The molecule has 6 nitrogen and oxygen atoms in total. The van der Waals surface area contributed by atoms with Crippen molar-refractivity contribution in [2.75, 3.05) is 13.7 Å². The van der Waals surface area contributed by atoms with Crippen molar-refractivity contribution in [1.29, 1.82) is 0 Å². The van der Waals surface area contributed by atoms with Gasteiger partial charge in [0.05, 0.1) is 12.2 Å². The van der Waals surface area contributed by atoms with Crippen LogP contribution in [0.15, 0.2) is 29.3 Å². The number of hydrogen-bond donors (Lipinski definition) is 1. The molecule has 0 radical (unpaired) electrons. The van der Waals surface area contributed by atoms with Crippen LogP contribution in [0, 0.1) is 5.82 Å². The van der Waals surface area contributed by atoms with Crippen LogP contribution in [0.1, 0.15) is 22.4 Å². The molecule has 10 heteroatoms. The van der Waals surface area contributed by atoms with E-state index < -0.39 is 23.1 Å². The number of nitrogens with one attached hydrogen (secondary N) is 1. The summed E-state index contributed by atoms with van der Waals surface area (Å²) in [5.74, 6) is -1.14. The Balaban J connectivity index is 2.08. The minimum atomic E-state index is -4.82. The van der Waals surface area contributed by atoms with Gasteiger partial charge in [-0.05, 0) is 17.7 Å². The Morgan fingerprint density at radius 1 is 1.31 bits per heavy atom. The third-order valence-corrected chi connectivity index (χ3v) is 3.90. The summed E-state index contributed by atoms with van der Waals surface area (Å²) in [6.45, 7) is 0.296. The molecule has 3 rings (SSSR count). The summed E-state index contributed by atoms with van der Waals surface area (Å²) in [5, 5.41) is 3.80. The maximum absolute atomic E-state index is 13.5. The molecule has 138 valence electrons. The molecule has 0 bridgehead atoms.